The van der Waals surface area contributed by atoms with E-state index in [0.29, 0.717) is 27.2 Å². The highest BCUT2D eigenvalue weighted by atomic mass is 35.5. The lowest BCUT2D eigenvalue weighted by Crippen LogP contribution is -2.28. The largest absolute Gasteiger partial charge is 0.495 e. The van der Waals surface area contributed by atoms with E-state index in [1.54, 1.807) is 30.3 Å². The van der Waals surface area contributed by atoms with Gasteiger partial charge in [-0.25, -0.2) is 0 Å². The number of aryl methyl sites for hydroxylation is 1. The van der Waals surface area contributed by atoms with Crippen molar-refractivity contribution in [3.05, 3.63) is 52.0 Å². The summed E-state index contributed by atoms with van der Waals surface area (Å²) < 4.78 is 5.31. The summed E-state index contributed by atoms with van der Waals surface area (Å²) in [5.41, 5.74) is 2.10. The van der Waals surface area contributed by atoms with Crippen LogP contribution in [0.1, 0.15) is 12.0 Å². The van der Waals surface area contributed by atoms with Gasteiger partial charge < -0.3 is 15.0 Å². The number of hydrogen-bond acceptors (Lipinski definition) is 3. The fourth-order valence-electron chi connectivity index (χ4n) is 2.95. The number of hydrogen-bond donors (Lipinski definition) is 1. The number of anilines is 2. The van der Waals surface area contributed by atoms with Crippen LogP contribution in [-0.2, 0) is 9.59 Å². The topological polar surface area (TPSA) is 58.6 Å². The summed E-state index contributed by atoms with van der Waals surface area (Å²) in [4.78, 5) is 26.6. The van der Waals surface area contributed by atoms with Crippen molar-refractivity contribution in [3.8, 4) is 5.75 Å². The zero-order chi connectivity index (χ0) is 18.8. The molecule has 1 aliphatic heterocycles. The van der Waals surface area contributed by atoms with Crippen LogP contribution in [0.5, 0.6) is 5.75 Å². The van der Waals surface area contributed by atoms with Gasteiger partial charge in [-0.05, 0) is 42.8 Å². The highest BCUT2D eigenvalue weighted by Crippen LogP contribution is 2.35. The van der Waals surface area contributed by atoms with Gasteiger partial charge in [0.2, 0.25) is 11.8 Å². The van der Waals surface area contributed by atoms with Crippen molar-refractivity contribution in [2.24, 2.45) is 5.92 Å². The van der Waals surface area contributed by atoms with Crippen molar-refractivity contribution in [1.29, 1.82) is 0 Å². The molecule has 1 heterocycles. The molecule has 0 bridgehead atoms. The summed E-state index contributed by atoms with van der Waals surface area (Å²) >= 11 is 12.2. The molecule has 1 N–H and O–H groups in total. The Bertz CT molecular complexity index is 870. The predicted molar refractivity (Wildman–Crippen MR) is 103 cm³/mol. The Hall–Kier alpha value is -2.24. The predicted octanol–water partition coefficient (Wildman–Crippen LogP) is 4.30. The lowest BCUT2D eigenvalue weighted by Gasteiger charge is -2.20. The number of benzene rings is 2. The molecule has 2 aromatic rings. The molecule has 7 heteroatoms. The molecule has 26 heavy (non-hydrogen) atoms. The smallest absolute Gasteiger partial charge is 0.229 e. The first-order chi connectivity index (χ1) is 12.4. The van der Waals surface area contributed by atoms with E-state index in [2.05, 4.69) is 5.32 Å². The summed E-state index contributed by atoms with van der Waals surface area (Å²) in [6, 6.07) is 10.4. The Morgan fingerprint density at radius 2 is 2.00 bits per heavy atom. The number of carbonyl (C=O) groups excluding carboxylic acids is 2. The van der Waals surface area contributed by atoms with E-state index < -0.39 is 5.92 Å². The van der Waals surface area contributed by atoms with E-state index in [9.17, 15) is 9.59 Å². The maximum absolute atomic E-state index is 12.6. The third-order valence-electron chi connectivity index (χ3n) is 4.31. The van der Waals surface area contributed by atoms with Gasteiger partial charge in [-0.1, -0.05) is 29.3 Å². The highest BCUT2D eigenvalue weighted by molar-refractivity contribution is 6.33. The van der Waals surface area contributed by atoms with Crippen LogP contribution >= 0.6 is 23.2 Å². The van der Waals surface area contributed by atoms with Crippen molar-refractivity contribution >= 4 is 46.4 Å². The number of rotatable bonds is 4. The molecule has 0 aromatic heterocycles. The van der Waals surface area contributed by atoms with Crippen molar-refractivity contribution < 1.29 is 14.3 Å². The van der Waals surface area contributed by atoms with Crippen LogP contribution < -0.4 is 15.0 Å². The number of ether oxygens (including phenoxy) is 1. The average molecular weight is 393 g/mol. The van der Waals surface area contributed by atoms with Crippen LogP contribution in [0.2, 0.25) is 10.0 Å². The van der Waals surface area contributed by atoms with E-state index in [0.717, 1.165) is 5.56 Å². The second-order valence-corrected chi connectivity index (χ2v) is 7.04. The number of methoxy groups -OCH3 is 1. The van der Waals surface area contributed by atoms with Crippen LogP contribution in [-0.4, -0.2) is 25.5 Å². The second kappa shape index (κ2) is 7.56. The standard InChI is InChI=1S/C19H18Cl2N2O3/c1-11-3-5-15(14(21)7-11)22-19(25)12-8-18(24)23(10-12)16-9-13(20)4-6-17(16)26-2/h3-7,9,12H,8,10H2,1-2H3,(H,22,25). The molecule has 2 amide bonds. The van der Waals surface area contributed by atoms with E-state index in [1.807, 2.05) is 13.0 Å². The summed E-state index contributed by atoms with van der Waals surface area (Å²) in [6.45, 7) is 2.17. The summed E-state index contributed by atoms with van der Waals surface area (Å²) in [5, 5.41) is 3.77. The Kier molecular flexibility index (Phi) is 5.39. The third kappa shape index (κ3) is 3.79. The van der Waals surface area contributed by atoms with Crippen LogP contribution in [0.15, 0.2) is 36.4 Å². The first kappa shape index (κ1) is 18.5. The number of nitrogens with zero attached hydrogens (tertiary/aromatic N) is 1. The number of nitrogens with one attached hydrogen (secondary N) is 1. The van der Waals surface area contributed by atoms with Gasteiger partial charge in [0.1, 0.15) is 5.75 Å². The summed E-state index contributed by atoms with van der Waals surface area (Å²) in [7, 11) is 1.52. The monoisotopic (exact) mass is 392 g/mol. The van der Waals surface area contributed by atoms with Gasteiger partial charge in [0.15, 0.2) is 0 Å². The minimum atomic E-state index is -0.483. The molecule has 1 saturated heterocycles. The molecule has 1 atom stereocenters. The van der Waals surface area contributed by atoms with Crippen molar-refractivity contribution in [2.45, 2.75) is 13.3 Å². The van der Waals surface area contributed by atoms with E-state index in [-0.39, 0.29) is 24.8 Å². The molecule has 1 aliphatic rings. The minimum Gasteiger partial charge on any atom is -0.495 e. The molecule has 0 aliphatic carbocycles. The first-order valence-electron chi connectivity index (χ1n) is 8.10. The molecule has 0 saturated carbocycles. The molecule has 136 valence electrons. The number of amides is 2. The lowest BCUT2D eigenvalue weighted by molar-refractivity contribution is -0.122. The zero-order valence-corrected chi connectivity index (χ0v) is 15.9. The van der Waals surface area contributed by atoms with Crippen molar-refractivity contribution in [1.82, 2.24) is 0 Å². The number of carbonyl (C=O) groups is 2. The van der Waals surface area contributed by atoms with Crippen LogP contribution in [0, 0.1) is 12.8 Å². The fraction of sp³-hybridized carbons (Fsp3) is 0.263. The van der Waals surface area contributed by atoms with Crippen molar-refractivity contribution in [2.75, 3.05) is 23.9 Å². The molecule has 3 rings (SSSR count). The summed E-state index contributed by atoms with van der Waals surface area (Å²) in [6.07, 6.45) is 0.116. The van der Waals surface area contributed by atoms with Gasteiger partial charge >= 0.3 is 0 Å². The molecule has 0 spiro atoms. The maximum atomic E-state index is 12.6. The van der Waals surface area contributed by atoms with Gasteiger partial charge in [-0.15, -0.1) is 0 Å². The SMILES string of the molecule is COc1ccc(Cl)cc1N1CC(C(=O)Nc2ccc(C)cc2Cl)CC1=O. The van der Waals surface area contributed by atoms with Crippen molar-refractivity contribution in [3.63, 3.8) is 0 Å². The third-order valence-corrected chi connectivity index (χ3v) is 4.86. The van der Waals surface area contributed by atoms with Crippen LogP contribution in [0.25, 0.3) is 0 Å². The van der Waals surface area contributed by atoms with Gasteiger partial charge in [0, 0.05) is 18.0 Å². The van der Waals surface area contributed by atoms with E-state index in [1.165, 1.54) is 12.0 Å². The molecule has 2 aromatic carbocycles. The molecular formula is C19H18Cl2N2O3. The molecule has 1 fully saturated rings. The highest BCUT2D eigenvalue weighted by Gasteiger charge is 2.36. The average Bonchev–Trinajstić information content (AvgIpc) is 2.99. The fourth-order valence-corrected chi connectivity index (χ4v) is 3.40. The van der Waals surface area contributed by atoms with E-state index >= 15 is 0 Å². The Morgan fingerprint density at radius 3 is 2.69 bits per heavy atom. The molecule has 5 nitrogen and oxygen atoms in total. The Balaban J connectivity index is 1.77. The first-order valence-corrected chi connectivity index (χ1v) is 8.85. The molecule has 0 radical (unpaired) electrons. The zero-order valence-electron chi connectivity index (χ0n) is 14.4. The normalized spacial score (nSPS) is 16.7. The lowest BCUT2D eigenvalue weighted by atomic mass is 10.1. The van der Waals surface area contributed by atoms with E-state index in [4.69, 9.17) is 27.9 Å². The Morgan fingerprint density at radius 1 is 1.23 bits per heavy atom. The maximum Gasteiger partial charge on any atom is 0.229 e. The van der Waals surface area contributed by atoms with Gasteiger partial charge in [0.05, 0.1) is 29.4 Å². The van der Waals surface area contributed by atoms with Gasteiger partial charge in [0.25, 0.3) is 0 Å². The summed E-state index contributed by atoms with van der Waals surface area (Å²) in [5.74, 6) is -0.345. The molecular weight excluding hydrogens is 375 g/mol. The number of halogens is 2. The Labute approximate surface area is 161 Å². The minimum absolute atomic E-state index is 0.116. The van der Waals surface area contributed by atoms with Gasteiger partial charge in [-0.3, -0.25) is 9.59 Å². The van der Waals surface area contributed by atoms with Gasteiger partial charge in [-0.2, -0.15) is 0 Å². The van der Waals surface area contributed by atoms with Crippen LogP contribution in [0.4, 0.5) is 11.4 Å². The molecule has 1 unspecified atom stereocenters. The quantitative estimate of drug-likeness (QED) is 0.843. The van der Waals surface area contributed by atoms with Crippen LogP contribution in [0.3, 0.4) is 0 Å². The second-order valence-electron chi connectivity index (χ2n) is 6.19.